The van der Waals surface area contributed by atoms with E-state index in [1.165, 1.54) is 0 Å². The molecule has 106 valence electrons. The van der Waals surface area contributed by atoms with Crippen LogP contribution in [0.1, 0.15) is 15.9 Å². The fourth-order valence-corrected chi connectivity index (χ4v) is 1.59. The van der Waals surface area contributed by atoms with Gasteiger partial charge in [0.2, 0.25) is 5.91 Å². The van der Waals surface area contributed by atoms with E-state index in [1.807, 2.05) is 0 Å². The molecule has 8 heteroatoms. The second-order valence-electron chi connectivity index (χ2n) is 4.10. The molecule has 0 aliphatic carbocycles. The number of amidine groups is 1. The number of carbonyl (C=O) groups excluding carboxylic acids is 2. The largest absolute Gasteiger partial charge is 0.387 e. The second-order valence-corrected chi connectivity index (χ2v) is 4.54. The number of hydrogen-bond acceptors (Lipinski definition) is 5. The molecular weight excluding hydrogens is 278 g/mol. The van der Waals surface area contributed by atoms with E-state index >= 15 is 0 Å². The number of hydrogen-bond donors (Lipinski definition) is 5. The van der Waals surface area contributed by atoms with Crippen molar-refractivity contribution < 1.29 is 9.59 Å². The lowest BCUT2D eigenvalue weighted by atomic mass is 10.1. The van der Waals surface area contributed by atoms with Gasteiger partial charge in [-0.1, -0.05) is 24.4 Å². The summed E-state index contributed by atoms with van der Waals surface area (Å²) in [6.45, 7) is 0. The summed E-state index contributed by atoms with van der Waals surface area (Å²) in [5, 5.41) is 9.51. The van der Waals surface area contributed by atoms with Gasteiger partial charge in [-0.3, -0.25) is 15.0 Å². The van der Waals surface area contributed by atoms with Crippen molar-refractivity contribution in [3.05, 3.63) is 35.4 Å². The third-order valence-corrected chi connectivity index (χ3v) is 2.79. The average Bonchev–Trinajstić information content (AvgIpc) is 2.37. The Morgan fingerprint density at radius 1 is 1.25 bits per heavy atom. The number of nitrogens with two attached hydrogens (primary N) is 3. The Morgan fingerprint density at radius 3 is 2.25 bits per heavy atom. The van der Waals surface area contributed by atoms with Crippen LogP contribution in [0.4, 0.5) is 0 Å². The first-order valence-electron chi connectivity index (χ1n) is 5.63. The number of rotatable bonds is 5. The number of carbonyl (C=O) groups is 2. The van der Waals surface area contributed by atoms with Crippen LogP contribution >= 0.6 is 12.2 Å². The molecule has 0 bridgehead atoms. The molecule has 8 N–H and O–H groups in total. The Bertz CT molecular complexity index is 555. The van der Waals surface area contributed by atoms with Gasteiger partial charge in [0.05, 0.1) is 5.84 Å². The van der Waals surface area contributed by atoms with Gasteiger partial charge in [-0.05, 0) is 17.7 Å². The maximum absolute atomic E-state index is 11.8. The molecule has 20 heavy (non-hydrogen) atoms. The first kappa shape index (κ1) is 15.7. The van der Waals surface area contributed by atoms with Crippen LogP contribution in [0, 0.1) is 5.41 Å². The van der Waals surface area contributed by atoms with E-state index in [0.29, 0.717) is 12.0 Å². The highest BCUT2D eigenvalue weighted by molar-refractivity contribution is 7.80. The minimum atomic E-state index is -1.20. The summed E-state index contributed by atoms with van der Waals surface area (Å²) in [5.41, 5.74) is 16.8. The maximum Gasteiger partial charge on any atom is 0.256 e. The van der Waals surface area contributed by atoms with Crippen LogP contribution in [0.2, 0.25) is 0 Å². The quantitative estimate of drug-likeness (QED) is 0.269. The van der Waals surface area contributed by atoms with Gasteiger partial charge in [0.25, 0.3) is 5.91 Å². The number of thiocarbonyl (C=S) groups is 1. The lowest BCUT2D eigenvalue weighted by Crippen LogP contribution is -2.49. The Labute approximate surface area is 121 Å². The van der Waals surface area contributed by atoms with Crippen molar-refractivity contribution in [2.45, 2.75) is 12.5 Å². The summed E-state index contributed by atoms with van der Waals surface area (Å²) in [5.74, 6) is -1.26. The third-order valence-electron chi connectivity index (χ3n) is 2.44. The molecule has 0 aliphatic rings. The van der Waals surface area contributed by atoms with Gasteiger partial charge < -0.3 is 22.5 Å². The van der Waals surface area contributed by atoms with Crippen LogP contribution < -0.4 is 22.5 Å². The molecule has 1 aromatic carbocycles. The lowest BCUT2D eigenvalue weighted by Gasteiger charge is -2.11. The van der Waals surface area contributed by atoms with Crippen molar-refractivity contribution >= 4 is 34.9 Å². The molecule has 0 saturated carbocycles. The zero-order valence-electron chi connectivity index (χ0n) is 10.6. The van der Waals surface area contributed by atoms with E-state index < -0.39 is 17.9 Å². The Balaban J connectivity index is 2.71. The van der Waals surface area contributed by atoms with Crippen molar-refractivity contribution in [2.75, 3.05) is 0 Å². The SMILES string of the molecule is N=C(N)Cc1ccc(C(=O)NC(=S)C(N)C(N)=O)cc1. The third kappa shape index (κ3) is 4.41. The zero-order chi connectivity index (χ0) is 15.3. The molecule has 7 nitrogen and oxygen atoms in total. The van der Waals surface area contributed by atoms with Crippen LogP contribution in [0.5, 0.6) is 0 Å². The van der Waals surface area contributed by atoms with E-state index in [9.17, 15) is 9.59 Å². The van der Waals surface area contributed by atoms with Crippen LogP contribution in [-0.4, -0.2) is 28.7 Å². The highest BCUT2D eigenvalue weighted by Crippen LogP contribution is 2.05. The predicted molar refractivity (Wildman–Crippen MR) is 79.3 cm³/mol. The minimum Gasteiger partial charge on any atom is -0.387 e. The summed E-state index contributed by atoms with van der Waals surface area (Å²) in [6.07, 6.45) is 0.312. The standard InChI is InChI=1S/C12H15N5O2S/c13-8(14)5-6-1-3-7(4-2-6)11(19)17-12(20)9(15)10(16)18/h1-4,9H,5,15H2,(H3,13,14)(H2,16,18)(H,17,19,20). The Morgan fingerprint density at radius 2 is 1.80 bits per heavy atom. The fourth-order valence-electron chi connectivity index (χ4n) is 1.38. The number of nitrogens with one attached hydrogen (secondary N) is 2. The molecular formula is C12H15N5O2S. The molecule has 0 heterocycles. The molecule has 1 unspecified atom stereocenters. The molecule has 0 radical (unpaired) electrons. The summed E-state index contributed by atoms with van der Waals surface area (Å²) >= 11 is 4.81. The molecule has 0 spiro atoms. The second kappa shape index (κ2) is 6.73. The topological polar surface area (TPSA) is 148 Å². The average molecular weight is 293 g/mol. The number of benzene rings is 1. The van der Waals surface area contributed by atoms with Crippen LogP contribution in [0.25, 0.3) is 0 Å². The normalized spacial score (nSPS) is 11.4. The zero-order valence-corrected chi connectivity index (χ0v) is 11.4. The summed E-state index contributed by atoms with van der Waals surface area (Å²) in [7, 11) is 0. The minimum absolute atomic E-state index is 0.0378. The van der Waals surface area contributed by atoms with Gasteiger partial charge in [-0.25, -0.2) is 0 Å². The summed E-state index contributed by atoms with van der Waals surface area (Å²) in [4.78, 5) is 22.5. The molecule has 1 rings (SSSR count). The van der Waals surface area contributed by atoms with Crippen molar-refractivity contribution in [1.29, 1.82) is 5.41 Å². The van der Waals surface area contributed by atoms with Crippen LogP contribution in [0.3, 0.4) is 0 Å². The molecule has 1 atom stereocenters. The summed E-state index contributed by atoms with van der Waals surface area (Å²) in [6, 6.07) is 5.27. The van der Waals surface area contributed by atoms with E-state index in [4.69, 9.17) is 34.8 Å². The van der Waals surface area contributed by atoms with Crippen molar-refractivity contribution in [3.8, 4) is 0 Å². The smallest absolute Gasteiger partial charge is 0.256 e. The van der Waals surface area contributed by atoms with Crippen molar-refractivity contribution in [2.24, 2.45) is 17.2 Å². The van der Waals surface area contributed by atoms with Gasteiger partial charge >= 0.3 is 0 Å². The molecule has 0 saturated heterocycles. The maximum atomic E-state index is 11.8. The Kier molecular flexibility index (Phi) is 5.30. The molecule has 0 fully saturated rings. The van der Waals surface area contributed by atoms with Crippen LogP contribution in [0.15, 0.2) is 24.3 Å². The Hall–Kier alpha value is -2.32. The molecule has 2 amide bonds. The number of amides is 2. The molecule has 1 aromatic rings. The monoisotopic (exact) mass is 293 g/mol. The van der Waals surface area contributed by atoms with Crippen molar-refractivity contribution in [3.63, 3.8) is 0 Å². The predicted octanol–water partition coefficient (Wildman–Crippen LogP) is -0.965. The van der Waals surface area contributed by atoms with E-state index in [0.717, 1.165) is 5.56 Å². The van der Waals surface area contributed by atoms with E-state index in [2.05, 4.69) is 5.32 Å². The van der Waals surface area contributed by atoms with Gasteiger partial charge in [0.15, 0.2) is 0 Å². The van der Waals surface area contributed by atoms with Crippen LogP contribution in [-0.2, 0) is 11.2 Å². The van der Waals surface area contributed by atoms with E-state index in [1.54, 1.807) is 24.3 Å². The van der Waals surface area contributed by atoms with Gasteiger partial charge in [-0.2, -0.15) is 0 Å². The van der Waals surface area contributed by atoms with Crippen molar-refractivity contribution in [1.82, 2.24) is 5.32 Å². The van der Waals surface area contributed by atoms with Gasteiger partial charge in [0.1, 0.15) is 11.0 Å². The molecule has 0 aromatic heterocycles. The first-order chi connectivity index (χ1) is 9.31. The highest BCUT2D eigenvalue weighted by Gasteiger charge is 2.18. The van der Waals surface area contributed by atoms with E-state index in [-0.39, 0.29) is 10.8 Å². The summed E-state index contributed by atoms with van der Waals surface area (Å²) < 4.78 is 0. The fraction of sp³-hybridized carbons (Fsp3) is 0.167. The highest BCUT2D eigenvalue weighted by atomic mass is 32.1. The lowest BCUT2D eigenvalue weighted by molar-refractivity contribution is -0.117. The van der Waals surface area contributed by atoms with Gasteiger partial charge in [-0.15, -0.1) is 0 Å². The number of primary amides is 1. The van der Waals surface area contributed by atoms with Gasteiger partial charge in [0, 0.05) is 12.0 Å². The molecule has 0 aliphatic heterocycles. The first-order valence-corrected chi connectivity index (χ1v) is 6.04.